The van der Waals surface area contributed by atoms with Crippen LogP contribution < -0.4 is 5.73 Å². The third-order valence-corrected chi connectivity index (χ3v) is 4.35. The Hall–Kier alpha value is -0.380. The molecule has 18 heavy (non-hydrogen) atoms. The molecule has 1 rings (SSSR count). The van der Waals surface area contributed by atoms with Gasteiger partial charge in [-0.3, -0.25) is 4.90 Å². The summed E-state index contributed by atoms with van der Waals surface area (Å²) in [7, 11) is 0. The summed E-state index contributed by atoms with van der Waals surface area (Å²) in [5, 5.41) is 2.17. The summed E-state index contributed by atoms with van der Waals surface area (Å²) in [4.78, 5) is 3.98. The molecule has 0 spiro atoms. The lowest BCUT2D eigenvalue weighted by molar-refractivity contribution is 0.121. The zero-order valence-electron chi connectivity index (χ0n) is 12.6. The van der Waals surface area contributed by atoms with Crippen LogP contribution in [0.5, 0.6) is 0 Å². The summed E-state index contributed by atoms with van der Waals surface area (Å²) in [5.74, 6) is 0.661. The van der Waals surface area contributed by atoms with Crippen molar-refractivity contribution in [3.63, 3.8) is 0 Å². The summed E-state index contributed by atoms with van der Waals surface area (Å²) in [6, 6.07) is 3.21. The summed E-state index contributed by atoms with van der Waals surface area (Å²) >= 11 is 1.84. The Morgan fingerprint density at radius 1 is 1.22 bits per heavy atom. The van der Waals surface area contributed by atoms with E-state index in [4.69, 9.17) is 5.73 Å². The average molecular weight is 268 g/mol. The van der Waals surface area contributed by atoms with E-state index >= 15 is 0 Å². The summed E-state index contributed by atoms with van der Waals surface area (Å²) < 4.78 is 0. The van der Waals surface area contributed by atoms with Gasteiger partial charge < -0.3 is 5.73 Å². The van der Waals surface area contributed by atoms with Gasteiger partial charge in [-0.05, 0) is 50.6 Å². The maximum atomic E-state index is 6.28. The molecule has 0 bridgehead atoms. The normalized spacial score (nSPS) is 15.7. The standard InChI is InChI=1S/C15H28N2S/c1-10(2)9-17(11(3)4)14(13(6)16)15-12(5)7-8-18-15/h7-8,10-11,13-14H,9,16H2,1-6H3. The molecule has 0 saturated heterocycles. The van der Waals surface area contributed by atoms with E-state index in [9.17, 15) is 0 Å². The SMILES string of the molecule is Cc1ccsc1C(C(C)N)N(CC(C)C)C(C)C. The van der Waals surface area contributed by atoms with Crippen molar-refractivity contribution >= 4 is 11.3 Å². The Balaban J connectivity index is 3.05. The molecule has 0 aliphatic rings. The number of thiophene rings is 1. The van der Waals surface area contributed by atoms with Crippen molar-refractivity contribution in [1.29, 1.82) is 0 Å². The largest absolute Gasteiger partial charge is 0.326 e. The van der Waals surface area contributed by atoms with Crippen molar-refractivity contribution < 1.29 is 0 Å². The van der Waals surface area contributed by atoms with E-state index in [1.807, 2.05) is 11.3 Å². The van der Waals surface area contributed by atoms with Crippen LogP contribution in [0.2, 0.25) is 0 Å². The Morgan fingerprint density at radius 3 is 2.17 bits per heavy atom. The molecule has 1 heterocycles. The van der Waals surface area contributed by atoms with Crippen LogP contribution in [0.4, 0.5) is 0 Å². The first-order chi connectivity index (χ1) is 8.34. The second-order valence-corrected chi connectivity index (χ2v) is 6.90. The molecule has 0 aliphatic carbocycles. The topological polar surface area (TPSA) is 29.3 Å². The molecule has 1 aromatic rings. The highest BCUT2D eigenvalue weighted by molar-refractivity contribution is 7.10. The number of hydrogen-bond donors (Lipinski definition) is 1. The van der Waals surface area contributed by atoms with Gasteiger partial charge in [-0.15, -0.1) is 11.3 Å². The van der Waals surface area contributed by atoms with Crippen LogP contribution in [-0.2, 0) is 0 Å². The monoisotopic (exact) mass is 268 g/mol. The van der Waals surface area contributed by atoms with E-state index in [0.717, 1.165) is 6.54 Å². The van der Waals surface area contributed by atoms with Gasteiger partial charge in [0.15, 0.2) is 0 Å². The van der Waals surface area contributed by atoms with Crippen molar-refractivity contribution in [3.8, 4) is 0 Å². The minimum atomic E-state index is 0.156. The Labute approximate surface area is 116 Å². The van der Waals surface area contributed by atoms with Crippen LogP contribution in [0, 0.1) is 12.8 Å². The first-order valence-corrected chi connectivity index (χ1v) is 7.77. The van der Waals surface area contributed by atoms with Crippen LogP contribution in [0.1, 0.15) is 51.1 Å². The molecular weight excluding hydrogens is 240 g/mol. The molecule has 3 heteroatoms. The molecule has 104 valence electrons. The lowest BCUT2D eigenvalue weighted by atomic mass is 10.0. The first kappa shape index (κ1) is 15.7. The van der Waals surface area contributed by atoms with Gasteiger partial charge in [-0.1, -0.05) is 13.8 Å². The van der Waals surface area contributed by atoms with Gasteiger partial charge >= 0.3 is 0 Å². The fourth-order valence-corrected chi connectivity index (χ4v) is 3.61. The lowest BCUT2D eigenvalue weighted by Gasteiger charge is -2.38. The second-order valence-electron chi connectivity index (χ2n) is 5.96. The molecule has 0 saturated carbocycles. The number of hydrogen-bond acceptors (Lipinski definition) is 3. The van der Waals surface area contributed by atoms with Gasteiger partial charge in [0.05, 0.1) is 6.04 Å². The number of rotatable bonds is 6. The third kappa shape index (κ3) is 3.81. The summed E-state index contributed by atoms with van der Waals surface area (Å²) in [6.07, 6.45) is 0. The highest BCUT2D eigenvalue weighted by Gasteiger charge is 2.28. The summed E-state index contributed by atoms with van der Waals surface area (Å²) in [6.45, 7) is 14.5. The molecule has 2 nitrogen and oxygen atoms in total. The summed E-state index contributed by atoms with van der Waals surface area (Å²) in [5.41, 5.74) is 7.65. The Morgan fingerprint density at radius 2 is 1.83 bits per heavy atom. The van der Waals surface area contributed by atoms with Gasteiger partial charge in [-0.25, -0.2) is 0 Å². The predicted molar refractivity (Wildman–Crippen MR) is 82.1 cm³/mol. The van der Waals surface area contributed by atoms with E-state index < -0.39 is 0 Å². The Kier molecular flexibility index (Phi) is 5.83. The van der Waals surface area contributed by atoms with Gasteiger partial charge in [0.25, 0.3) is 0 Å². The third-order valence-electron chi connectivity index (χ3n) is 3.26. The van der Waals surface area contributed by atoms with E-state index in [1.165, 1.54) is 10.4 Å². The Bertz CT molecular complexity index is 355. The molecular formula is C15H28N2S. The first-order valence-electron chi connectivity index (χ1n) is 6.89. The number of nitrogens with zero attached hydrogens (tertiary/aromatic N) is 1. The molecule has 0 radical (unpaired) electrons. The van der Waals surface area contributed by atoms with Crippen LogP contribution in [0.3, 0.4) is 0 Å². The van der Waals surface area contributed by atoms with Crippen molar-refractivity contribution in [1.82, 2.24) is 4.90 Å². The van der Waals surface area contributed by atoms with Gasteiger partial charge in [-0.2, -0.15) is 0 Å². The second kappa shape index (κ2) is 6.69. The molecule has 1 aromatic heterocycles. The zero-order chi connectivity index (χ0) is 13.9. The van der Waals surface area contributed by atoms with E-state index in [1.54, 1.807) is 0 Å². The molecule has 0 aromatic carbocycles. The van der Waals surface area contributed by atoms with Gasteiger partial charge in [0, 0.05) is 23.5 Å². The van der Waals surface area contributed by atoms with E-state index in [0.29, 0.717) is 18.0 Å². The number of nitrogens with two attached hydrogens (primary N) is 1. The molecule has 0 fully saturated rings. The van der Waals surface area contributed by atoms with Crippen LogP contribution >= 0.6 is 11.3 Å². The minimum absolute atomic E-state index is 0.156. The molecule has 0 aliphatic heterocycles. The highest BCUT2D eigenvalue weighted by atomic mass is 32.1. The molecule has 0 amide bonds. The van der Waals surface area contributed by atoms with Crippen molar-refractivity contribution in [3.05, 3.63) is 21.9 Å². The highest BCUT2D eigenvalue weighted by Crippen LogP contribution is 2.32. The number of aryl methyl sites for hydroxylation is 1. The average Bonchev–Trinajstić information content (AvgIpc) is 2.62. The maximum Gasteiger partial charge on any atom is 0.0595 e. The molecule has 2 N–H and O–H groups in total. The molecule has 2 unspecified atom stereocenters. The smallest absolute Gasteiger partial charge is 0.0595 e. The van der Waals surface area contributed by atoms with Crippen LogP contribution in [0.25, 0.3) is 0 Å². The minimum Gasteiger partial charge on any atom is -0.326 e. The van der Waals surface area contributed by atoms with Crippen molar-refractivity contribution in [2.24, 2.45) is 11.7 Å². The molecule has 2 atom stereocenters. The zero-order valence-corrected chi connectivity index (χ0v) is 13.4. The van der Waals surface area contributed by atoms with Crippen molar-refractivity contribution in [2.75, 3.05) is 6.54 Å². The van der Waals surface area contributed by atoms with Crippen LogP contribution in [-0.4, -0.2) is 23.5 Å². The quantitative estimate of drug-likeness (QED) is 0.850. The van der Waals surface area contributed by atoms with E-state index in [2.05, 4.69) is 57.9 Å². The van der Waals surface area contributed by atoms with Crippen molar-refractivity contribution in [2.45, 2.75) is 59.7 Å². The lowest BCUT2D eigenvalue weighted by Crippen LogP contribution is -2.44. The fraction of sp³-hybridized carbons (Fsp3) is 0.733. The van der Waals surface area contributed by atoms with Gasteiger partial charge in [0.1, 0.15) is 0 Å². The van der Waals surface area contributed by atoms with Crippen LogP contribution in [0.15, 0.2) is 11.4 Å². The fourth-order valence-electron chi connectivity index (χ4n) is 2.45. The maximum absolute atomic E-state index is 6.28. The van der Waals surface area contributed by atoms with Gasteiger partial charge in [0.2, 0.25) is 0 Å². The van der Waals surface area contributed by atoms with E-state index in [-0.39, 0.29) is 6.04 Å². The predicted octanol–water partition coefficient (Wildman–Crippen LogP) is 3.81.